The van der Waals surface area contributed by atoms with Gasteiger partial charge in [-0.25, -0.2) is 0 Å². The highest BCUT2D eigenvalue weighted by molar-refractivity contribution is 8.01. The average molecular weight is 603 g/mol. The molecule has 0 aromatic heterocycles. The summed E-state index contributed by atoms with van der Waals surface area (Å²) < 4.78 is 28.5. The summed E-state index contributed by atoms with van der Waals surface area (Å²) in [6.45, 7) is 2.25. The Kier molecular flexibility index (Phi) is 11.6. The Bertz CT molecular complexity index is 1330. The van der Waals surface area contributed by atoms with Crippen molar-refractivity contribution in [2.45, 2.75) is 22.7 Å². The van der Waals surface area contributed by atoms with Crippen molar-refractivity contribution < 1.29 is 28.5 Å². The Morgan fingerprint density at radius 1 is 0.878 bits per heavy atom. The third kappa shape index (κ3) is 7.04. The van der Waals surface area contributed by atoms with Gasteiger partial charge >= 0.3 is 0 Å². The van der Waals surface area contributed by atoms with E-state index in [4.69, 9.17) is 23.7 Å². The number of nitrogens with zero attached hydrogens (tertiary/aromatic N) is 2. The predicted octanol–water partition coefficient (Wildman–Crippen LogP) is 5.65. The number of ether oxygens (including phenoxy) is 5. The van der Waals surface area contributed by atoms with Gasteiger partial charge in [0.25, 0.3) is 5.91 Å². The van der Waals surface area contributed by atoms with Gasteiger partial charge in [0, 0.05) is 37.7 Å². The number of rotatable bonds is 13. The number of fused-ring (bicyclic) bond motifs is 1. The number of methoxy groups -OCH3 is 4. The summed E-state index contributed by atoms with van der Waals surface area (Å²) >= 11 is 1.38. The summed E-state index contributed by atoms with van der Waals surface area (Å²) in [5.74, 6) is 2.53. The summed E-state index contributed by atoms with van der Waals surface area (Å²) in [4.78, 5) is 17.3. The summed E-state index contributed by atoms with van der Waals surface area (Å²) in [5, 5.41) is 0. The van der Waals surface area contributed by atoms with Crippen molar-refractivity contribution in [2.75, 3.05) is 67.1 Å². The second-order valence-electron chi connectivity index (χ2n) is 9.56. The monoisotopic (exact) mass is 602 g/mol. The Labute approximate surface area is 253 Å². The van der Waals surface area contributed by atoms with Crippen molar-refractivity contribution >= 4 is 35.8 Å². The number of hydrogen-bond donors (Lipinski definition) is 0. The fourth-order valence-corrected chi connectivity index (χ4v) is 6.10. The van der Waals surface area contributed by atoms with E-state index in [0.717, 1.165) is 48.0 Å². The molecule has 0 bridgehead atoms. The van der Waals surface area contributed by atoms with Crippen LogP contribution in [-0.2, 0) is 20.9 Å². The second-order valence-corrected chi connectivity index (χ2v) is 10.8. The van der Waals surface area contributed by atoms with Crippen LogP contribution >= 0.6 is 24.2 Å². The smallest absolute Gasteiger partial charge is 0.274 e. The third-order valence-electron chi connectivity index (χ3n) is 7.07. The van der Waals surface area contributed by atoms with Crippen LogP contribution in [0.4, 0.5) is 5.69 Å². The van der Waals surface area contributed by atoms with Crippen molar-refractivity contribution in [1.29, 1.82) is 0 Å². The molecule has 0 aliphatic carbocycles. The molecule has 8 nitrogen and oxygen atoms in total. The maximum absolute atomic E-state index is 13.7. The first-order valence-corrected chi connectivity index (χ1v) is 14.0. The molecule has 1 atom stereocenters. The number of hydrogen-bond acceptors (Lipinski definition) is 8. The first-order chi connectivity index (χ1) is 19.4. The van der Waals surface area contributed by atoms with Crippen LogP contribution in [0.15, 0.2) is 65.6 Å². The minimum Gasteiger partial charge on any atom is -0.497 e. The lowest BCUT2D eigenvalue weighted by molar-refractivity contribution is -0.131. The largest absolute Gasteiger partial charge is 0.497 e. The lowest BCUT2D eigenvalue weighted by atomic mass is 10.0. The van der Waals surface area contributed by atoms with E-state index in [1.807, 2.05) is 54.6 Å². The number of carbonyl (C=O) groups excluding carboxylic acids is 1. The topological polar surface area (TPSA) is 69.7 Å². The molecule has 0 spiro atoms. The molecule has 0 N–H and O–H groups in total. The van der Waals surface area contributed by atoms with Gasteiger partial charge in [-0.05, 0) is 67.9 Å². The van der Waals surface area contributed by atoms with E-state index in [0.29, 0.717) is 23.7 Å². The molecule has 1 amide bonds. The minimum absolute atomic E-state index is 0. The standard InChI is InChI=1S/C31H38N2O6S.ClH/c1-32(18-16-22-12-14-27(36-4)28(20-22)37-5)17-9-19-39-26-15-13-23(35-3)21-24(26)31(38-6)30(34)33(2)25-10-7-8-11-29(25)40-31;/h7-8,10-15,20-21H,9,16-19H2,1-6H3;1H. The average Bonchev–Trinajstić information content (AvgIpc) is 3.00. The number of anilines is 1. The molecule has 4 rings (SSSR count). The lowest BCUT2D eigenvalue weighted by Crippen LogP contribution is -2.47. The molecule has 1 aliphatic heterocycles. The predicted molar refractivity (Wildman–Crippen MR) is 165 cm³/mol. The zero-order chi connectivity index (χ0) is 28.7. The fourth-order valence-electron chi connectivity index (χ4n) is 4.76. The fraction of sp³-hybridized carbons (Fsp3) is 0.387. The molecular weight excluding hydrogens is 564 g/mol. The van der Waals surface area contributed by atoms with E-state index < -0.39 is 4.93 Å². The van der Waals surface area contributed by atoms with Gasteiger partial charge < -0.3 is 33.5 Å². The Hall–Kier alpha value is -3.11. The van der Waals surface area contributed by atoms with Crippen molar-refractivity contribution in [3.05, 3.63) is 71.8 Å². The molecule has 0 radical (unpaired) electrons. The highest BCUT2D eigenvalue weighted by Crippen LogP contribution is 2.53. The van der Waals surface area contributed by atoms with Crippen molar-refractivity contribution in [3.63, 3.8) is 0 Å². The van der Waals surface area contributed by atoms with E-state index in [1.165, 1.54) is 17.3 Å². The molecule has 1 unspecified atom stereocenters. The summed E-state index contributed by atoms with van der Waals surface area (Å²) in [5.41, 5.74) is 2.67. The molecule has 0 fully saturated rings. The number of thioether (sulfide) groups is 1. The van der Waals surface area contributed by atoms with E-state index in [1.54, 1.807) is 40.4 Å². The quantitative estimate of drug-likeness (QED) is 0.233. The van der Waals surface area contributed by atoms with Crippen LogP contribution in [0, 0.1) is 0 Å². The van der Waals surface area contributed by atoms with Crippen molar-refractivity contribution in [1.82, 2.24) is 4.90 Å². The van der Waals surface area contributed by atoms with Gasteiger partial charge in [0.1, 0.15) is 11.5 Å². The number of halogens is 1. The van der Waals surface area contributed by atoms with Crippen LogP contribution in [-0.4, -0.2) is 73.0 Å². The number of amides is 1. The van der Waals surface area contributed by atoms with Crippen LogP contribution in [0.5, 0.6) is 23.0 Å². The van der Waals surface area contributed by atoms with E-state index in [-0.39, 0.29) is 18.3 Å². The molecule has 0 saturated carbocycles. The Morgan fingerprint density at radius 3 is 2.32 bits per heavy atom. The SMILES string of the molecule is COc1ccc(OCCCN(C)CCc2ccc(OC)c(OC)c2)c(C2(OC)Sc3ccccc3N(C)C2=O)c1.Cl. The van der Waals surface area contributed by atoms with Gasteiger partial charge in [-0.3, -0.25) is 4.79 Å². The molecule has 1 heterocycles. The first kappa shape index (κ1) is 32.4. The number of carbonyl (C=O) groups is 1. The highest BCUT2D eigenvalue weighted by atomic mass is 35.5. The van der Waals surface area contributed by atoms with Crippen molar-refractivity contribution in [3.8, 4) is 23.0 Å². The van der Waals surface area contributed by atoms with E-state index >= 15 is 0 Å². The maximum atomic E-state index is 13.7. The molecule has 41 heavy (non-hydrogen) atoms. The number of benzene rings is 3. The van der Waals surface area contributed by atoms with Crippen molar-refractivity contribution in [2.24, 2.45) is 0 Å². The second kappa shape index (κ2) is 14.7. The summed E-state index contributed by atoms with van der Waals surface area (Å²) in [6.07, 6.45) is 1.71. The van der Waals surface area contributed by atoms with Crippen LogP contribution < -0.4 is 23.8 Å². The van der Waals surface area contributed by atoms with Gasteiger partial charge in [-0.15, -0.1) is 12.4 Å². The van der Waals surface area contributed by atoms with Gasteiger partial charge in [-0.2, -0.15) is 0 Å². The molecule has 3 aromatic rings. The molecule has 222 valence electrons. The van der Waals surface area contributed by atoms with Gasteiger partial charge in [0.2, 0.25) is 4.93 Å². The van der Waals surface area contributed by atoms with Gasteiger partial charge in [0.15, 0.2) is 11.5 Å². The first-order valence-electron chi connectivity index (χ1n) is 13.2. The third-order valence-corrected chi connectivity index (χ3v) is 8.48. The normalized spacial score (nSPS) is 16.2. The maximum Gasteiger partial charge on any atom is 0.274 e. The Balaban J connectivity index is 0.00000462. The number of likely N-dealkylation sites (N-methyl/N-ethyl adjacent to an activating group) is 2. The van der Waals surface area contributed by atoms with Gasteiger partial charge in [-0.1, -0.05) is 30.0 Å². The molecular formula is C31H39ClN2O6S. The van der Waals surface area contributed by atoms with Crippen LogP contribution in [0.25, 0.3) is 0 Å². The molecule has 0 saturated heterocycles. The molecule has 1 aliphatic rings. The zero-order valence-electron chi connectivity index (χ0n) is 24.5. The van der Waals surface area contributed by atoms with Crippen LogP contribution in [0.3, 0.4) is 0 Å². The van der Waals surface area contributed by atoms with Crippen LogP contribution in [0.2, 0.25) is 0 Å². The summed E-state index contributed by atoms with van der Waals surface area (Å²) in [6, 6.07) is 19.4. The number of para-hydroxylation sites is 1. The van der Waals surface area contributed by atoms with E-state index in [2.05, 4.69) is 18.0 Å². The lowest BCUT2D eigenvalue weighted by Gasteiger charge is -2.40. The molecule has 3 aromatic carbocycles. The van der Waals surface area contributed by atoms with Crippen LogP contribution in [0.1, 0.15) is 17.5 Å². The van der Waals surface area contributed by atoms with Gasteiger partial charge in [0.05, 0.1) is 33.6 Å². The highest BCUT2D eigenvalue weighted by Gasteiger charge is 2.50. The summed E-state index contributed by atoms with van der Waals surface area (Å²) in [7, 11) is 10.3. The Morgan fingerprint density at radius 2 is 1.61 bits per heavy atom. The zero-order valence-corrected chi connectivity index (χ0v) is 26.1. The minimum atomic E-state index is -1.30. The molecule has 10 heteroatoms. The van der Waals surface area contributed by atoms with E-state index in [9.17, 15) is 4.79 Å².